The summed E-state index contributed by atoms with van der Waals surface area (Å²) in [6.07, 6.45) is -3.81. The van der Waals surface area contributed by atoms with Gasteiger partial charge in [-0.2, -0.15) is 13.2 Å². The Morgan fingerprint density at radius 2 is 1.71 bits per heavy atom. The molecule has 0 radical (unpaired) electrons. The van der Waals surface area contributed by atoms with Crippen LogP contribution < -0.4 is 5.73 Å². The van der Waals surface area contributed by atoms with Crippen LogP contribution in [0.3, 0.4) is 0 Å². The normalized spacial score (nSPS) is 13.2. The van der Waals surface area contributed by atoms with Crippen molar-refractivity contribution in [1.82, 2.24) is 0 Å². The number of halogens is 4. The molecule has 0 aliphatic carbocycles. The molecule has 112 valence electrons. The van der Waals surface area contributed by atoms with Gasteiger partial charge in [-0.1, -0.05) is 40.2 Å². The maximum Gasteiger partial charge on any atom is 0.416 e. The second-order valence-corrected chi connectivity index (χ2v) is 5.87. The number of aryl methyl sites for hydroxylation is 1. The fraction of sp³-hybridized carbons (Fsp3) is 0.250. The summed E-state index contributed by atoms with van der Waals surface area (Å²) in [5, 5.41) is 0. The van der Waals surface area contributed by atoms with Crippen molar-refractivity contribution < 1.29 is 13.2 Å². The summed E-state index contributed by atoms with van der Waals surface area (Å²) in [6, 6.07) is 10.7. The Morgan fingerprint density at radius 3 is 2.24 bits per heavy atom. The molecule has 0 amide bonds. The largest absolute Gasteiger partial charge is 0.416 e. The molecule has 0 aliphatic heterocycles. The van der Waals surface area contributed by atoms with Gasteiger partial charge in [0.1, 0.15) is 0 Å². The zero-order valence-electron chi connectivity index (χ0n) is 11.4. The van der Waals surface area contributed by atoms with Crippen LogP contribution in [0.1, 0.15) is 28.3 Å². The smallest absolute Gasteiger partial charge is 0.324 e. The predicted octanol–water partition coefficient (Wildman–Crippen LogP) is 5.02. The van der Waals surface area contributed by atoms with Crippen LogP contribution in [0.25, 0.3) is 0 Å². The lowest BCUT2D eigenvalue weighted by Crippen LogP contribution is -2.13. The minimum atomic E-state index is -4.30. The summed E-state index contributed by atoms with van der Waals surface area (Å²) in [4.78, 5) is 0. The first-order valence-electron chi connectivity index (χ1n) is 6.45. The summed E-state index contributed by atoms with van der Waals surface area (Å²) in [5.74, 6) is 0. The van der Waals surface area contributed by atoms with Crippen molar-refractivity contribution in [3.63, 3.8) is 0 Å². The van der Waals surface area contributed by atoms with E-state index in [1.165, 1.54) is 12.1 Å². The van der Waals surface area contributed by atoms with Gasteiger partial charge in [-0.25, -0.2) is 0 Å². The quantitative estimate of drug-likeness (QED) is 0.819. The average molecular weight is 358 g/mol. The first-order chi connectivity index (χ1) is 9.77. The van der Waals surface area contributed by atoms with E-state index in [4.69, 9.17) is 5.73 Å². The zero-order valence-corrected chi connectivity index (χ0v) is 13.0. The van der Waals surface area contributed by atoms with Crippen molar-refractivity contribution in [2.24, 2.45) is 5.73 Å². The van der Waals surface area contributed by atoms with E-state index in [0.717, 1.165) is 33.3 Å². The Kier molecular flexibility index (Phi) is 4.74. The fourth-order valence-electron chi connectivity index (χ4n) is 2.04. The van der Waals surface area contributed by atoms with Gasteiger partial charge in [0.15, 0.2) is 0 Å². The second kappa shape index (κ2) is 6.20. The van der Waals surface area contributed by atoms with Gasteiger partial charge >= 0.3 is 6.18 Å². The second-order valence-electron chi connectivity index (χ2n) is 5.01. The van der Waals surface area contributed by atoms with Crippen LogP contribution in [0, 0.1) is 6.92 Å². The highest BCUT2D eigenvalue weighted by Gasteiger charge is 2.29. The molecule has 2 N–H and O–H groups in total. The number of nitrogens with two attached hydrogens (primary N) is 1. The van der Waals surface area contributed by atoms with Crippen LogP contribution >= 0.6 is 15.9 Å². The third-order valence-electron chi connectivity index (χ3n) is 3.36. The number of hydrogen-bond acceptors (Lipinski definition) is 1. The maximum absolute atomic E-state index is 12.5. The molecule has 0 aliphatic rings. The lowest BCUT2D eigenvalue weighted by molar-refractivity contribution is -0.137. The number of benzene rings is 2. The van der Waals surface area contributed by atoms with Crippen LogP contribution in [-0.2, 0) is 12.6 Å². The highest BCUT2D eigenvalue weighted by molar-refractivity contribution is 9.10. The summed E-state index contributed by atoms with van der Waals surface area (Å²) >= 11 is 3.45. The molecule has 2 aromatic rings. The Hall–Kier alpha value is -1.33. The van der Waals surface area contributed by atoms with Gasteiger partial charge in [0.05, 0.1) is 5.56 Å². The molecule has 1 unspecified atom stereocenters. The van der Waals surface area contributed by atoms with Crippen molar-refractivity contribution in [2.75, 3.05) is 0 Å². The van der Waals surface area contributed by atoms with E-state index < -0.39 is 11.7 Å². The predicted molar refractivity (Wildman–Crippen MR) is 81.0 cm³/mol. The van der Waals surface area contributed by atoms with E-state index in [2.05, 4.69) is 15.9 Å². The highest BCUT2D eigenvalue weighted by atomic mass is 79.9. The average Bonchev–Trinajstić information content (AvgIpc) is 2.41. The molecule has 21 heavy (non-hydrogen) atoms. The summed E-state index contributed by atoms with van der Waals surface area (Å²) in [5.41, 5.74) is 8.33. The topological polar surface area (TPSA) is 26.0 Å². The summed E-state index contributed by atoms with van der Waals surface area (Å²) in [7, 11) is 0. The Balaban J connectivity index is 2.12. The Morgan fingerprint density at radius 1 is 1.10 bits per heavy atom. The molecule has 0 aromatic heterocycles. The van der Waals surface area contributed by atoms with Gasteiger partial charge in [-0.3, -0.25) is 0 Å². The first-order valence-corrected chi connectivity index (χ1v) is 7.24. The molecule has 0 bridgehead atoms. The van der Waals surface area contributed by atoms with E-state index in [0.29, 0.717) is 6.42 Å². The molecule has 0 heterocycles. The van der Waals surface area contributed by atoms with Crippen LogP contribution in [0.5, 0.6) is 0 Å². The van der Waals surface area contributed by atoms with Gasteiger partial charge in [-0.15, -0.1) is 0 Å². The van der Waals surface area contributed by atoms with Gasteiger partial charge in [0.2, 0.25) is 0 Å². The molecule has 0 fully saturated rings. The summed E-state index contributed by atoms with van der Waals surface area (Å²) in [6.45, 7) is 1.98. The van der Waals surface area contributed by atoms with Gasteiger partial charge in [0, 0.05) is 10.5 Å². The third-order valence-corrected chi connectivity index (χ3v) is 4.22. The molecule has 0 saturated heterocycles. The van der Waals surface area contributed by atoms with E-state index in [1.54, 1.807) is 0 Å². The van der Waals surface area contributed by atoms with E-state index in [9.17, 15) is 13.2 Å². The highest BCUT2D eigenvalue weighted by Crippen LogP contribution is 2.30. The van der Waals surface area contributed by atoms with Crippen LogP contribution in [0.2, 0.25) is 0 Å². The zero-order chi connectivity index (χ0) is 15.6. The third kappa shape index (κ3) is 4.08. The van der Waals surface area contributed by atoms with Crippen molar-refractivity contribution >= 4 is 15.9 Å². The lowest BCUT2D eigenvalue weighted by Gasteiger charge is -2.14. The molecule has 1 atom stereocenters. The number of hydrogen-bond donors (Lipinski definition) is 1. The van der Waals surface area contributed by atoms with Crippen molar-refractivity contribution in [1.29, 1.82) is 0 Å². The maximum atomic E-state index is 12.5. The van der Waals surface area contributed by atoms with E-state index in [1.807, 2.05) is 25.1 Å². The first kappa shape index (κ1) is 16.0. The monoisotopic (exact) mass is 357 g/mol. The lowest BCUT2D eigenvalue weighted by atomic mass is 9.98. The standard InChI is InChI=1S/C16H15BrF3N/c1-10-2-5-12(9-14(10)17)15(21)8-11-3-6-13(7-4-11)16(18,19)20/h2-7,9,15H,8,21H2,1H3. The van der Waals surface area contributed by atoms with Gasteiger partial charge < -0.3 is 5.73 Å². The van der Waals surface area contributed by atoms with E-state index >= 15 is 0 Å². The molecule has 2 aromatic carbocycles. The molecule has 0 saturated carbocycles. The number of alkyl halides is 3. The van der Waals surface area contributed by atoms with Crippen LogP contribution in [0.4, 0.5) is 13.2 Å². The SMILES string of the molecule is Cc1ccc(C(N)Cc2ccc(C(F)(F)F)cc2)cc1Br. The molecular formula is C16H15BrF3N. The van der Waals surface area contributed by atoms with Gasteiger partial charge in [-0.05, 0) is 48.2 Å². The molecule has 0 spiro atoms. The summed E-state index contributed by atoms with van der Waals surface area (Å²) < 4.78 is 38.5. The van der Waals surface area contributed by atoms with Crippen LogP contribution in [-0.4, -0.2) is 0 Å². The fourth-order valence-corrected chi connectivity index (χ4v) is 2.44. The van der Waals surface area contributed by atoms with Crippen molar-refractivity contribution in [3.05, 3.63) is 69.2 Å². The van der Waals surface area contributed by atoms with E-state index in [-0.39, 0.29) is 6.04 Å². The molecular weight excluding hydrogens is 343 g/mol. The van der Waals surface area contributed by atoms with Gasteiger partial charge in [0.25, 0.3) is 0 Å². The van der Waals surface area contributed by atoms with Crippen molar-refractivity contribution in [2.45, 2.75) is 25.6 Å². The van der Waals surface area contributed by atoms with Crippen molar-refractivity contribution in [3.8, 4) is 0 Å². The minimum absolute atomic E-state index is 0.251. The molecule has 2 rings (SSSR count). The molecule has 1 nitrogen and oxygen atoms in total. The minimum Gasteiger partial charge on any atom is -0.324 e. The Labute approximate surface area is 130 Å². The molecule has 5 heteroatoms. The number of rotatable bonds is 3. The van der Waals surface area contributed by atoms with Crippen LogP contribution in [0.15, 0.2) is 46.9 Å². The Bertz CT molecular complexity index is 620.